The van der Waals surface area contributed by atoms with Crippen molar-refractivity contribution < 1.29 is 9.90 Å². The lowest BCUT2D eigenvalue weighted by Gasteiger charge is -2.14. The Hall–Kier alpha value is -2.87. The molecule has 2 aromatic rings. The SMILES string of the molecule is CCn1c(O)c(C(=O)c2cccc(C)c2)c(C)c(C#N)c1=O. The number of rotatable bonds is 3. The monoisotopic (exact) mass is 296 g/mol. The predicted molar refractivity (Wildman–Crippen MR) is 82.1 cm³/mol. The number of aromatic nitrogens is 1. The van der Waals surface area contributed by atoms with Crippen LogP contribution in [0.5, 0.6) is 5.88 Å². The van der Waals surface area contributed by atoms with Gasteiger partial charge in [0.15, 0.2) is 5.78 Å². The lowest BCUT2D eigenvalue weighted by molar-refractivity contribution is 0.103. The van der Waals surface area contributed by atoms with Crippen LogP contribution in [0, 0.1) is 25.2 Å². The molecule has 0 fully saturated rings. The number of aryl methyl sites for hydroxylation is 1. The number of ketones is 1. The number of carbonyl (C=O) groups excluding carboxylic acids is 1. The Kier molecular flexibility index (Phi) is 4.13. The molecule has 5 nitrogen and oxygen atoms in total. The average molecular weight is 296 g/mol. The van der Waals surface area contributed by atoms with E-state index in [0.717, 1.165) is 10.1 Å². The number of aromatic hydroxyl groups is 1. The van der Waals surface area contributed by atoms with Crippen molar-refractivity contribution in [3.63, 3.8) is 0 Å². The topological polar surface area (TPSA) is 83.1 Å². The average Bonchev–Trinajstić information content (AvgIpc) is 2.48. The summed E-state index contributed by atoms with van der Waals surface area (Å²) in [5.74, 6) is -0.798. The Balaban J connectivity index is 2.78. The number of hydrogen-bond acceptors (Lipinski definition) is 4. The molecule has 0 saturated carbocycles. The standard InChI is InChI=1S/C17H16N2O3/c1-4-19-16(21)13(9-18)11(3)14(17(19)22)15(20)12-7-5-6-10(2)8-12/h5-8,22H,4H2,1-3H3. The quantitative estimate of drug-likeness (QED) is 0.881. The Morgan fingerprint density at radius 3 is 2.59 bits per heavy atom. The zero-order chi connectivity index (χ0) is 16.4. The molecule has 0 bridgehead atoms. The first kappa shape index (κ1) is 15.5. The largest absolute Gasteiger partial charge is 0.494 e. The third kappa shape index (κ3) is 2.40. The van der Waals surface area contributed by atoms with Crippen molar-refractivity contribution in [2.75, 3.05) is 0 Å². The van der Waals surface area contributed by atoms with E-state index < -0.39 is 17.2 Å². The second kappa shape index (κ2) is 5.86. The van der Waals surface area contributed by atoms with Crippen LogP contribution in [-0.4, -0.2) is 15.5 Å². The van der Waals surface area contributed by atoms with Gasteiger partial charge in [0.05, 0.1) is 5.56 Å². The first-order chi connectivity index (χ1) is 10.4. The minimum absolute atomic E-state index is 0.00333. The van der Waals surface area contributed by atoms with E-state index in [1.54, 1.807) is 25.1 Å². The molecule has 0 spiro atoms. The van der Waals surface area contributed by atoms with Gasteiger partial charge in [-0.15, -0.1) is 0 Å². The highest BCUT2D eigenvalue weighted by Crippen LogP contribution is 2.25. The molecule has 0 unspecified atom stereocenters. The molecule has 0 aliphatic heterocycles. The highest BCUT2D eigenvalue weighted by molar-refractivity contribution is 6.11. The molecule has 0 aliphatic carbocycles. The zero-order valence-corrected chi connectivity index (χ0v) is 12.7. The number of hydrogen-bond donors (Lipinski definition) is 1. The Morgan fingerprint density at radius 2 is 2.05 bits per heavy atom. The third-order valence-corrected chi connectivity index (χ3v) is 3.62. The summed E-state index contributed by atoms with van der Waals surface area (Å²) in [6.07, 6.45) is 0. The van der Waals surface area contributed by atoms with Crippen LogP contribution in [0.4, 0.5) is 0 Å². The van der Waals surface area contributed by atoms with Crippen LogP contribution in [0.3, 0.4) is 0 Å². The second-order valence-electron chi connectivity index (χ2n) is 5.06. The Bertz CT molecular complexity index is 857. The lowest BCUT2D eigenvalue weighted by Crippen LogP contribution is -2.26. The predicted octanol–water partition coefficient (Wildman–Crippen LogP) is 2.29. The van der Waals surface area contributed by atoms with Crippen molar-refractivity contribution in [3.8, 4) is 11.9 Å². The summed E-state index contributed by atoms with van der Waals surface area (Å²) in [6, 6.07) is 8.77. The van der Waals surface area contributed by atoms with Crippen molar-refractivity contribution in [1.29, 1.82) is 5.26 Å². The maximum Gasteiger partial charge on any atom is 0.271 e. The van der Waals surface area contributed by atoms with E-state index in [1.807, 2.05) is 19.1 Å². The van der Waals surface area contributed by atoms with Crippen LogP contribution in [0.15, 0.2) is 29.1 Å². The molecule has 22 heavy (non-hydrogen) atoms. The summed E-state index contributed by atoms with van der Waals surface area (Å²) in [7, 11) is 0. The van der Waals surface area contributed by atoms with E-state index in [4.69, 9.17) is 0 Å². The minimum Gasteiger partial charge on any atom is -0.494 e. The molecule has 2 rings (SSSR count). The molecule has 0 aliphatic rings. The van der Waals surface area contributed by atoms with Crippen LogP contribution in [-0.2, 0) is 6.54 Å². The van der Waals surface area contributed by atoms with Crippen LogP contribution in [0.1, 0.15) is 39.5 Å². The van der Waals surface area contributed by atoms with E-state index in [2.05, 4.69) is 0 Å². The molecule has 1 aromatic heterocycles. The number of nitrogens with zero attached hydrogens (tertiary/aromatic N) is 2. The molecule has 112 valence electrons. The number of benzene rings is 1. The van der Waals surface area contributed by atoms with Gasteiger partial charge < -0.3 is 5.11 Å². The highest BCUT2D eigenvalue weighted by atomic mass is 16.3. The highest BCUT2D eigenvalue weighted by Gasteiger charge is 2.24. The van der Waals surface area contributed by atoms with Gasteiger partial charge in [0.1, 0.15) is 11.6 Å². The summed E-state index contributed by atoms with van der Waals surface area (Å²) in [5, 5.41) is 19.5. The van der Waals surface area contributed by atoms with Crippen LogP contribution >= 0.6 is 0 Å². The maximum atomic E-state index is 12.7. The second-order valence-corrected chi connectivity index (χ2v) is 5.06. The molecule has 5 heteroatoms. The van der Waals surface area contributed by atoms with E-state index in [-0.39, 0.29) is 23.2 Å². The summed E-state index contributed by atoms with van der Waals surface area (Å²) >= 11 is 0. The Labute approximate surface area is 128 Å². The zero-order valence-electron chi connectivity index (χ0n) is 12.7. The molecule has 1 heterocycles. The molecule has 1 aromatic carbocycles. The number of carbonyl (C=O) groups is 1. The van der Waals surface area contributed by atoms with Crippen molar-refractivity contribution >= 4 is 5.78 Å². The molecule has 0 atom stereocenters. The lowest BCUT2D eigenvalue weighted by atomic mass is 9.96. The van der Waals surface area contributed by atoms with Crippen LogP contribution in [0.25, 0.3) is 0 Å². The summed E-state index contributed by atoms with van der Waals surface area (Å²) in [6.45, 7) is 5.20. The van der Waals surface area contributed by atoms with Gasteiger partial charge in [0.2, 0.25) is 5.88 Å². The van der Waals surface area contributed by atoms with E-state index in [1.165, 1.54) is 6.92 Å². The van der Waals surface area contributed by atoms with Gasteiger partial charge in [-0.25, -0.2) is 0 Å². The van der Waals surface area contributed by atoms with E-state index in [0.29, 0.717) is 5.56 Å². The van der Waals surface area contributed by atoms with Gasteiger partial charge in [0, 0.05) is 12.1 Å². The van der Waals surface area contributed by atoms with Gasteiger partial charge in [-0.3, -0.25) is 14.2 Å². The van der Waals surface area contributed by atoms with E-state index in [9.17, 15) is 20.0 Å². The normalized spacial score (nSPS) is 10.3. The molecule has 1 N–H and O–H groups in total. The smallest absolute Gasteiger partial charge is 0.271 e. The van der Waals surface area contributed by atoms with Gasteiger partial charge in [-0.1, -0.05) is 23.8 Å². The minimum atomic E-state index is -0.583. The summed E-state index contributed by atoms with van der Waals surface area (Å²) in [5.41, 5.74) is 0.831. The first-order valence-electron chi connectivity index (χ1n) is 6.90. The number of nitriles is 1. The fourth-order valence-electron chi connectivity index (χ4n) is 2.45. The molecular weight excluding hydrogens is 280 g/mol. The molecule has 0 saturated heterocycles. The molecular formula is C17H16N2O3. The summed E-state index contributed by atoms with van der Waals surface area (Å²) < 4.78 is 1.04. The van der Waals surface area contributed by atoms with Crippen molar-refractivity contribution in [1.82, 2.24) is 4.57 Å². The van der Waals surface area contributed by atoms with Crippen LogP contribution < -0.4 is 5.56 Å². The number of pyridine rings is 1. The van der Waals surface area contributed by atoms with Crippen molar-refractivity contribution in [2.45, 2.75) is 27.3 Å². The fourth-order valence-corrected chi connectivity index (χ4v) is 2.45. The van der Waals surface area contributed by atoms with Gasteiger partial charge in [-0.2, -0.15) is 5.26 Å². The molecule has 0 radical (unpaired) electrons. The Morgan fingerprint density at radius 1 is 1.36 bits per heavy atom. The van der Waals surface area contributed by atoms with Gasteiger partial charge in [-0.05, 0) is 32.4 Å². The fraction of sp³-hybridized carbons (Fsp3) is 0.235. The van der Waals surface area contributed by atoms with Gasteiger partial charge >= 0.3 is 0 Å². The maximum absolute atomic E-state index is 12.7. The van der Waals surface area contributed by atoms with Crippen molar-refractivity contribution in [2.24, 2.45) is 0 Å². The van der Waals surface area contributed by atoms with Crippen LogP contribution in [0.2, 0.25) is 0 Å². The third-order valence-electron chi connectivity index (χ3n) is 3.62. The van der Waals surface area contributed by atoms with Crippen molar-refractivity contribution in [3.05, 3.63) is 62.4 Å². The van der Waals surface area contributed by atoms with E-state index >= 15 is 0 Å². The molecule has 0 amide bonds. The summed E-state index contributed by atoms with van der Waals surface area (Å²) in [4.78, 5) is 24.8. The van der Waals surface area contributed by atoms with Gasteiger partial charge in [0.25, 0.3) is 5.56 Å². The first-order valence-corrected chi connectivity index (χ1v) is 6.90.